The van der Waals surface area contributed by atoms with Gasteiger partial charge in [-0.1, -0.05) is 12.1 Å². The first kappa shape index (κ1) is 10.6. The molecule has 1 saturated heterocycles. The van der Waals surface area contributed by atoms with Gasteiger partial charge < -0.3 is 5.32 Å². The maximum Gasteiger partial charge on any atom is 0.148 e. The van der Waals surface area contributed by atoms with E-state index in [9.17, 15) is 8.78 Å². The zero-order chi connectivity index (χ0) is 10.9. The number of alkyl halides is 1. The molecule has 0 spiro atoms. The summed E-state index contributed by atoms with van der Waals surface area (Å²) in [4.78, 5) is 0. The lowest BCUT2D eigenvalue weighted by atomic mass is 9.89. The van der Waals surface area contributed by atoms with E-state index in [1.807, 2.05) is 0 Å². The first-order valence-corrected chi connectivity index (χ1v) is 5.29. The highest BCUT2D eigenvalue weighted by atomic mass is 19.1. The maximum atomic E-state index is 14.5. The van der Waals surface area contributed by atoms with E-state index in [0.717, 1.165) is 19.4 Å². The molecular formula is C12H15F2N. The van der Waals surface area contributed by atoms with Crippen LogP contribution in [0.1, 0.15) is 25.3 Å². The van der Waals surface area contributed by atoms with Crippen molar-refractivity contribution in [1.82, 2.24) is 5.32 Å². The molecule has 0 radical (unpaired) electrons. The summed E-state index contributed by atoms with van der Waals surface area (Å²) in [6, 6.07) is 5.51. The Hall–Kier alpha value is -0.960. The van der Waals surface area contributed by atoms with E-state index in [1.54, 1.807) is 6.92 Å². The molecule has 2 atom stereocenters. The highest BCUT2D eigenvalue weighted by Crippen LogP contribution is 2.33. The monoisotopic (exact) mass is 211 g/mol. The van der Waals surface area contributed by atoms with E-state index >= 15 is 0 Å². The van der Waals surface area contributed by atoms with Crippen LogP contribution in [0, 0.1) is 5.82 Å². The van der Waals surface area contributed by atoms with Gasteiger partial charge in [0.25, 0.3) is 0 Å². The Morgan fingerprint density at radius 1 is 1.33 bits per heavy atom. The van der Waals surface area contributed by atoms with E-state index < -0.39 is 5.67 Å². The second kappa shape index (κ2) is 3.89. The first-order valence-electron chi connectivity index (χ1n) is 5.29. The Kier molecular flexibility index (Phi) is 2.74. The van der Waals surface area contributed by atoms with E-state index in [4.69, 9.17) is 0 Å². The largest absolute Gasteiger partial charge is 0.311 e. The molecule has 0 amide bonds. The molecule has 2 unspecified atom stereocenters. The van der Waals surface area contributed by atoms with Crippen LogP contribution in [0.5, 0.6) is 0 Å². The third-order valence-electron chi connectivity index (χ3n) is 3.12. The van der Waals surface area contributed by atoms with Gasteiger partial charge >= 0.3 is 0 Å². The summed E-state index contributed by atoms with van der Waals surface area (Å²) in [5, 5.41) is 3.14. The molecule has 1 aromatic rings. The molecule has 1 aliphatic rings. The predicted molar refractivity (Wildman–Crippen MR) is 55.9 cm³/mol. The van der Waals surface area contributed by atoms with Crippen LogP contribution < -0.4 is 5.32 Å². The van der Waals surface area contributed by atoms with Crippen molar-refractivity contribution < 1.29 is 8.78 Å². The normalized spacial score (nSPS) is 25.1. The van der Waals surface area contributed by atoms with Gasteiger partial charge in [-0.15, -0.1) is 0 Å². The number of hydrogen-bond donors (Lipinski definition) is 1. The zero-order valence-electron chi connectivity index (χ0n) is 8.76. The van der Waals surface area contributed by atoms with E-state index in [2.05, 4.69) is 5.32 Å². The molecule has 1 fully saturated rings. The van der Waals surface area contributed by atoms with Gasteiger partial charge in [-0.3, -0.25) is 0 Å². The molecule has 2 rings (SSSR count). The minimum absolute atomic E-state index is 0.150. The number of hydrogen-bond acceptors (Lipinski definition) is 1. The number of nitrogens with one attached hydrogen (secondary N) is 1. The van der Waals surface area contributed by atoms with Gasteiger partial charge in [0, 0.05) is 6.04 Å². The van der Waals surface area contributed by atoms with Gasteiger partial charge in [0.05, 0.1) is 0 Å². The Labute approximate surface area is 88.5 Å². The maximum absolute atomic E-state index is 14.5. The van der Waals surface area contributed by atoms with Gasteiger partial charge in [0.15, 0.2) is 0 Å². The molecule has 1 aromatic carbocycles. The topological polar surface area (TPSA) is 12.0 Å². The van der Waals surface area contributed by atoms with Crippen LogP contribution in [0.3, 0.4) is 0 Å². The Bertz CT molecular complexity index is 326. The van der Waals surface area contributed by atoms with Gasteiger partial charge in [0.2, 0.25) is 0 Å². The zero-order valence-corrected chi connectivity index (χ0v) is 8.76. The number of rotatable bonds is 2. The molecule has 15 heavy (non-hydrogen) atoms. The minimum Gasteiger partial charge on any atom is -0.311 e. The standard InChI is InChI=1S/C12H15F2N/c1-12(14,11-3-2-8-15-11)9-4-6-10(13)7-5-9/h4-7,11,15H,2-3,8H2,1H3. The molecular weight excluding hydrogens is 196 g/mol. The summed E-state index contributed by atoms with van der Waals surface area (Å²) in [7, 11) is 0. The average molecular weight is 211 g/mol. The van der Waals surface area contributed by atoms with E-state index in [-0.39, 0.29) is 11.9 Å². The summed E-state index contributed by atoms with van der Waals surface area (Å²) in [6.07, 6.45) is 1.84. The molecule has 0 saturated carbocycles. The summed E-state index contributed by atoms with van der Waals surface area (Å²) >= 11 is 0. The van der Waals surface area contributed by atoms with Crippen LogP contribution in [-0.4, -0.2) is 12.6 Å². The third kappa shape index (κ3) is 2.02. The van der Waals surface area contributed by atoms with Crippen molar-refractivity contribution in [3.05, 3.63) is 35.6 Å². The molecule has 82 valence electrons. The van der Waals surface area contributed by atoms with Crippen LogP contribution in [-0.2, 0) is 5.67 Å². The first-order chi connectivity index (χ1) is 7.10. The Morgan fingerprint density at radius 3 is 2.53 bits per heavy atom. The summed E-state index contributed by atoms with van der Waals surface area (Å²) in [5.74, 6) is -0.325. The van der Waals surface area contributed by atoms with Crippen molar-refractivity contribution in [1.29, 1.82) is 0 Å². The SMILES string of the molecule is CC(F)(c1ccc(F)cc1)C1CCCN1. The highest BCUT2D eigenvalue weighted by molar-refractivity contribution is 5.24. The van der Waals surface area contributed by atoms with Gasteiger partial charge in [-0.2, -0.15) is 0 Å². The molecule has 0 bridgehead atoms. The van der Waals surface area contributed by atoms with Crippen molar-refractivity contribution >= 4 is 0 Å². The third-order valence-corrected chi connectivity index (χ3v) is 3.12. The number of benzene rings is 1. The summed E-state index contributed by atoms with van der Waals surface area (Å²) < 4.78 is 27.2. The van der Waals surface area contributed by atoms with Crippen molar-refractivity contribution in [2.75, 3.05) is 6.54 Å². The second-order valence-corrected chi connectivity index (χ2v) is 4.23. The Morgan fingerprint density at radius 2 is 2.00 bits per heavy atom. The molecule has 1 aliphatic heterocycles. The fourth-order valence-electron chi connectivity index (χ4n) is 2.12. The van der Waals surface area contributed by atoms with Gasteiger partial charge in [-0.05, 0) is 44.0 Å². The van der Waals surface area contributed by atoms with Gasteiger partial charge in [0.1, 0.15) is 11.5 Å². The van der Waals surface area contributed by atoms with Crippen molar-refractivity contribution in [3.63, 3.8) is 0 Å². The van der Waals surface area contributed by atoms with Crippen molar-refractivity contribution in [2.24, 2.45) is 0 Å². The van der Waals surface area contributed by atoms with Crippen LogP contribution in [0.4, 0.5) is 8.78 Å². The lowest BCUT2D eigenvalue weighted by molar-refractivity contribution is 0.137. The lowest BCUT2D eigenvalue weighted by Crippen LogP contribution is -2.39. The van der Waals surface area contributed by atoms with Crippen molar-refractivity contribution in [3.8, 4) is 0 Å². The molecule has 0 aliphatic carbocycles. The van der Waals surface area contributed by atoms with Crippen LogP contribution >= 0.6 is 0 Å². The number of halogens is 2. The highest BCUT2D eigenvalue weighted by Gasteiger charge is 2.37. The van der Waals surface area contributed by atoms with Gasteiger partial charge in [-0.25, -0.2) is 8.78 Å². The summed E-state index contributed by atoms with van der Waals surface area (Å²) in [5.41, 5.74) is -0.868. The lowest BCUT2D eigenvalue weighted by Gasteiger charge is -2.27. The average Bonchev–Trinajstić information content (AvgIpc) is 2.71. The van der Waals surface area contributed by atoms with E-state index in [0.29, 0.717) is 5.56 Å². The fraction of sp³-hybridized carbons (Fsp3) is 0.500. The molecule has 1 heterocycles. The summed E-state index contributed by atoms with van der Waals surface area (Å²) in [6.45, 7) is 2.43. The smallest absolute Gasteiger partial charge is 0.148 e. The van der Waals surface area contributed by atoms with Crippen LogP contribution in [0.25, 0.3) is 0 Å². The minimum atomic E-state index is -1.41. The molecule has 0 aromatic heterocycles. The second-order valence-electron chi connectivity index (χ2n) is 4.23. The van der Waals surface area contributed by atoms with E-state index in [1.165, 1.54) is 24.3 Å². The molecule has 1 N–H and O–H groups in total. The quantitative estimate of drug-likeness (QED) is 0.793. The predicted octanol–water partition coefficient (Wildman–Crippen LogP) is 2.76. The Balaban J connectivity index is 2.23. The van der Waals surface area contributed by atoms with Crippen molar-refractivity contribution in [2.45, 2.75) is 31.5 Å². The molecule has 3 heteroatoms. The van der Waals surface area contributed by atoms with Crippen LogP contribution in [0.15, 0.2) is 24.3 Å². The fourth-order valence-corrected chi connectivity index (χ4v) is 2.12. The molecule has 1 nitrogen and oxygen atoms in total. The van der Waals surface area contributed by atoms with Crippen LogP contribution in [0.2, 0.25) is 0 Å².